The molecular formula is C16H18BrNO3S. The molecule has 0 saturated heterocycles. The molecule has 118 valence electrons. The Morgan fingerprint density at radius 2 is 2.09 bits per heavy atom. The van der Waals surface area contributed by atoms with Crippen molar-refractivity contribution in [2.24, 2.45) is 0 Å². The normalized spacial score (nSPS) is 13.5. The number of thiophene rings is 1. The number of ether oxygens (including phenoxy) is 1. The Bertz CT molecular complexity index is 637. The van der Waals surface area contributed by atoms with Crippen LogP contribution in [-0.2, 0) is 6.42 Å². The van der Waals surface area contributed by atoms with Gasteiger partial charge < -0.3 is 15.2 Å². The summed E-state index contributed by atoms with van der Waals surface area (Å²) < 4.78 is 5.99. The van der Waals surface area contributed by atoms with Crippen LogP contribution >= 0.6 is 27.3 Å². The Morgan fingerprint density at radius 1 is 1.41 bits per heavy atom. The molecule has 1 aromatic heterocycles. The highest BCUT2D eigenvalue weighted by molar-refractivity contribution is 9.10. The van der Waals surface area contributed by atoms with Gasteiger partial charge in [-0.25, -0.2) is 0 Å². The molecule has 0 aliphatic rings. The second-order valence-electron chi connectivity index (χ2n) is 5.33. The topological polar surface area (TPSA) is 58.6 Å². The zero-order valence-corrected chi connectivity index (χ0v) is 14.8. The van der Waals surface area contributed by atoms with E-state index in [-0.39, 0.29) is 12.5 Å². The number of amides is 1. The maximum Gasteiger partial charge on any atom is 0.261 e. The fourth-order valence-electron chi connectivity index (χ4n) is 2.04. The van der Waals surface area contributed by atoms with E-state index in [1.807, 2.05) is 29.6 Å². The standard InChI is InChI=1S/C16H18BrNO3S/c1-16(20,8-11-3-5-13(21-2)6-4-11)10-18-15(19)14-7-12(17)9-22-14/h3-7,9,20H,8,10H2,1-2H3,(H,18,19)/t16-/m1/s1. The Morgan fingerprint density at radius 3 is 2.64 bits per heavy atom. The van der Waals surface area contributed by atoms with Crippen molar-refractivity contribution in [3.8, 4) is 5.75 Å². The highest BCUT2D eigenvalue weighted by Crippen LogP contribution is 2.20. The zero-order chi connectivity index (χ0) is 16.2. The number of benzene rings is 1. The molecule has 1 aromatic carbocycles. The average molecular weight is 384 g/mol. The number of aliphatic hydroxyl groups is 1. The number of hydrogen-bond acceptors (Lipinski definition) is 4. The van der Waals surface area contributed by atoms with Gasteiger partial charge in [0.1, 0.15) is 5.75 Å². The minimum Gasteiger partial charge on any atom is -0.497 e. The smallest absolute Gasteiger partial charge is 0.261 e. The molecule has 0 fully saturated rings. The van der Waals surface area contributed by atoms with E-state index in [4.69, 9.17) is 4.74 Å². The van der Waals surface area contributed by atoms with Gasteiger partial charge >= 0.3 is 0 Å². The predicted molar refractivity (Wildman–Crippen MR) is 91.7 cm³/mol. The van der Waals surface area contributed by atoms with Gasteiger partial charge in [-0.2, -0.15) is 0 Å². The van der Waals surface area contributed by atoms with Crippen molar-refractivity contribution in [3.05, 3.63) is 50.6 Å². The van der Waals surface area contributed by atoms with Gasteiger partial charge in [-0.05, 0) is 46.6 Å². The molecule has 2 aromatic rings. The van der Waals surface area contributed by atoms with Crippen molar-refractivity contribution in [1.29, 1.82) is 0 Å². The quantitative estimate of drug-likeness (QED) is 0.804. The summed E-state index contributed by atoms with van der Waals surface area (Å²) in [5.41, 5.74) is -0.0300. The Balaban J connectivity index is 1.91. The van der Waals surface area contributed by atoms with Crippen LogP contribution in [0.3, 0.4) is 0 Å². The minimum absolute atomic E-state index is 0.175. The summed E-state index contributed by atoms with van der Waals surface area (Å²) in [6.07, 6.45) is 0.450. The first kappa shape index (κ1) is 17.0. The molecule has 22 heavy (non-hydrogen) atoms. The van der Waals surface area contributed by atoms with Gasteiger partial charge in [0.15, 0.2) is 0 Å². The van der Waals surface area contributed by atoms with Crippen LogP contribution in [-0.4, -0.2) is 30.3 Å². The molecule has 6 heteroatoms. The van der Waals surface area contributed by atoms with E-state index in [1.54, 1.807) is 20.1 Å². The number of carbonyl (C=O) groups excluding carboxylic acids is 1. The second-order valence-corrected chi connectivity index (χ2v) is 7.16. The van der Waals surface area contributed by atoms with E-state index in [0.717, 1.165) is 15.8 Å². The van der Waals surface area contributed by atoms with Crippen molar-refractivity contribution in [2.45, 2.75) is 18.9 Å². The first-order chi connectivity index (χ1) is 10.4. The van der Waals surface area contributed by atoms with Crippen LogP contribution in [0.1, 0.15) is 22.2 Å². The van der Waals surface area contributed by atoms with Crippen LogP contribution in [0.2, 0.25) is 0 Å². The highest BCUT2D eigenvalue weighted by atomic mass is 79.9. The van der Waals surface area contributed by atoms with E-state index < -0.39 is 5.60 Å². The van der Waals surface area contributed by atoms with E-state index in [1.165, 1.54) is 11.3 Å². The Kier molecular flexibility index (Phi) is 5.61. The van der Waals surface area contributed by atoms with Crippen molar-refractivity contribution in [2.75, 3.05) is 13.7 Å². The molecule has 1 atom stereocenters. The molecule has 0 aliphatic carbocycles. The van der Waals surface area contributed by atoms with Gasteiger partial charge in [-0.3, -0.25) is 4.79 Å². The van der Waals surface area contributed by atoms with E-state index >= 15 is 0 Å². The summed E-state index contributed by atoms with van der Waals surface area (Å²) in [5.74, 6) is 0.602. The van der Waals surface area contributed by atoms with Crippen molar-refractivity contribution < 1.29 is 14.6 Å². The molecule has 1 amide bonds. The lowest BCUT2D eigenvalue weighted by atomic mass is 9.96. The molecule has 0 saturated carbocycles. The molecule has 1 heterocycles. The van der Waals surface area contributed by atoms with E-state index in [0.29, 0.717) is 11.3 Å². The Labute approximate surface area is 142 Å². The molecule has 4 nitrogen and oxygen atoms in total. The highest BCUT2D eigenvalue weighted by Gasteiger charge is 2.22. The van der Waals surface area contributed by atoms with Gasteiger partial charge in [0.25, 0.3) is 5.91 Å². The largest absolute Gasteiger partial charge is 0.497 e. The fourth-order valence-corrected chi connectivity index (χ4v) is 3.38. The molecule has 2 rings (SSSR count). The van der Waals surface area contributed by atoms with E-state index in [2.05, 4.69) is 21.2 Å². The van der Waals surface area contributed by atoms with E-state index in [9.17, 15) is 9.90 Å². The lowest BCUT2D eigenvalue weighted by Gasteiger charge is -2.23. The van der Waals surface area contributed by atoms with Crippen molar-refractivity contribution >= 4 is 33.2 Å². The third-order valence-electron chi connectivity index (χ3n) is 3.17. The first-order valence-electron chi connectivity index (χ1n) is 6.77. The van der Waals surface area contributed by atoms with Gasteiger partial charge in [0.2, 0.25) is 0 Å². The number of halogens is 1. The van der Waals surface area contributed by atoms with Crippen LogP contribution in [0.25, 0.3) is 0 Å². The number of nitrogens with one attached hydrogen (secondary N) is 1. The molecule has 0 unspecified atom stereocenters. The molecule has 2 N–H and O–H groups in total. The third kappa shape index (κ3) is 4.83. The minimum atomic E-state index is -1.02. The fraction of sp³-hybridized carbons (Fsp3) is 0.312. The van der Waals surface area contributed by atoms with Gasteiger partial charge in [0, 0.05) is 22.8 Å². The second kappa shape index (κ2) is 7.26. The summed E-state index contributed by atoms with van der Waals surface area (Å²) in [4.78, 5) is 12.6. The monoisotopic (exact) mass is 383 g/mol. The lowest BCUT2D eigenvalue weighted by Crippen LogP contribution is -2.42. The average Bonchev–Trinajstić information content (AvgIpc) is 2.92. The van der Waals surface area contributed by atoms with Gasteiger partial charge in [0.05, 0.1) is 17.6 Å². The first-order valence-corrected chi connectivity index (χ1v) is 8.44. The molecule has 0 aliphatic heterocycles. The maximum absolute atomic E-state index is 12.0. The van der Waals surface area contributed by atoms with Crippen LogP contribution in [0.15, 0.2) is 40.2 Å². The molecular weight excluding hydrogens is 366 g/mol. The predicted octanol–water partition coefficient (Wildman–Crippen LogP) is 3.24. The van der Waals surface area contributed by atoms with Crippen LogP contribution in [0.4, 0.5) is 0 Å². The SMILES string of the molecule is COc1ccc(C[C@@](C)(O)CNC(=O)c2cc(Br)cs2)cc1. The molecule has 0 radical (unpaired) electrons. The summed E-state index contributed by atoms with van der Waals surface area (Å²) in [6, 6.07) is 9.29. The summed E-state index contributed by atoms with van der Waals surface area (Å²) >= 11 is 4.68. The van der Waals surface area contributed by atoms with Gasteiger partial charge in [-0.15, -0.1) is 11.3 Å². The maximum atomic E-state index is 12.0. The van der Waals surface area contributed by atoms with Crippen LogP contribution in [0.5, 0.6) is 5.75 Å². The van der Waals surface area contributed by atoms with Crippen LogP contribution < -0.4 is 10.1 Å². The van der Waals surface area contributed by atoms with Crippen molar-refractivity contribution in [1.82, 2.24) is 5.32 Å². The molecule has 0 spiro atoms. The lowest BCUT2D eigenvalue weighted by molar-refractivity contribution is 0.0554. The molecule has 0 bridgehead atoms. The number of hydrogen-bond donors (Lipinski definition) is 2. The number of methoxy groups -OCH3 is 1. The number of rotatable bonds is 6. The van der Waals surface area contributed by atoms with Crippen molar-refractivity contribution in [3.63, 3.8) is 0 Å². The third-order valence-corrected chi connectivity index (χ3v) is 4.85. The summed E-state index contributed by atoms with van der Waals surface area (Å²) in [5, 5.41) is 15.1. The van der Waals surface area contributed by atoms with Gasteiger partial charge in [-0.1, -0.05) is 12.1 Å². The van der Waals surface area contributed by atoms with Crippen LogP contribution in [0, 0.1) is 0 Å². The zero-order valence-electron chi connectivity index (χ0n) is 12.4. The number of carbonyl (C=O) groups is 1. The summed E-state index contributed by atoms with van der Waals surface area (Å²) in [7, 11) is 1.61. The Hall–Kier alpha value is -1.37. The summed E-state index contributed by atoms with van der Waals surface area (Å²) in [6.45, 7) is 1.90.